The highest BCUT2D eigenvalue weighted by atomic mass is 79.9. The number of rotatable bonds is 2. The molecule has 0 saturated carbocycles. The molecule has 0 aliphatic heterocycles. The van der Waals surface area contributed by atoms with Gasteiger partial charge in [-0.15, -0.1) is 0 Å². The second-order valence-electron chi connectivity index (χ2n) is 3.95. The topological polar surface area (TPSA) is 25.2 Å². The van der Waals surface area contributed by atoms with Crippen molar-refractivity contribution in [3.05, 3.63) is 34.4 Å². The van der Waals surface area contributed by atoms with Gasteiger partial charge in [-0.3, -0.25) is 0 Å². The highest BCUT2D eigenvalue weighted by molar-refractivity contribution is 9.10. The number of benzene rings is 1. The maximum absolute atomic E-state index is 9.12. The van der Waals surface area contributed by atoms with E-state index in [0.717, 1.165) is 4.47 Å². The zero-order valence-electron chi connectivity index (χ0n) is 8.87. The number of hydrogen-bond acceptors (Lipinski definition) is 1. The van der Waals surface area contributed by atoms with Crippen molar-refractivity contribution < 1.29 is 5.11 Å². The first kappa shape index (κ1) is 10.7. The quantitative estimate of drug-likeness (QED) is 0.889. The molecule has 3 heteroatoms. The Hall–Kier alpha value is -0.800. The van der Waals surface area contributed by atoms with Gasteiger partial charge in [0, 0.05) is 41.1 Å². The average Bonchev–Trinajstić information content (AvgIpc) is 2.53. The maximum Gasteiger partial charge on any atom is 0.0497 e. The van der Waals surface area contributed by atoms with Gasteiger partial charge in [-0.2, -0.15) is 0 Å². The number of aryl methyl sites for hydroxylation is 1. The fourth-order valence-electron chi connectivity index (χ4n) is 1.76. The number of halogens is 1. The first-order valence-corrected chi connectivity index (χ1v) is 5.78. The molecule has 1 atom stereocenters. The summed E-state index contributed by atoms with van der Waals surface area (Å²) in [5.41, 5.74) is 2.37. The van der Waals surface area contributed by atoms with E-state index in [1.165, 1.54) is 16.5 Å². The average molecular weight is 268 g/mol. The molecule has 0 aliphatic rings. The molecule has 0 aliphatic carbocycles. The summed E-state index contributed by atoms with van der Waals surface area (Å²) in [6.07, 6.45) is 2.05. The van der Waals surface area contributed by atoms with E-state index in [9.17, 15) is 0 Å². The van der Waals surface area contributed by atoms with Gasteiger partial charge in [0.15, 0.2) is 0 Å². The van der Waals surface area contributed by atoms with Crippen LogP contribution >= 0.6 is 15.9 Å². The molecule has 0 saturated heterocycles. The lowest BCUT2D eigenvalue weighted by molar-refractivity contribution is 0.273. The van der Waals surface area contributed by atoms with Crippen LogP contribution in [-0.4, -0.2) is 16.3 Å². The van der Waals surface area contributed by atoms with Gasteiger partial charge in [-0.1, -0.05) is 19.1 Å². The van der Waals surface area contributed by atoms with Crippen molar-refractivity contribution in [3.8, 4) is 0 Å². The molecule has 15 heavy (non-hydrogen) atoms. The molecule has 1 N–H and O–H groups in total. The molecule has 1 heterocycles. The van der Waals surface area contributed by atoms with E-state index in [-0.39, 0.29) is 12.5 Å². The monoisotopic (exact) mass is 267 g/mol. The van der Waals surface area contributed by atoms with E-state index in [4.69, 9.17) is 5.11 Å². The Balaban J connectivity index is 2.60. The lowest BCUT2D eigenvalue weighted by atomic mass is 10.0. The van der Waals surface area contributed by atoms with Crippen molar-refractivity contribution in [2.45, 2.75) is 12.8 Å². The lowest BCUT2D eigenvalue weighted by Gasteiger charge is -2.08. The van der Waals surface area contributed by atoms with Crippen molar-refractivity contribution in [2.75, 3.05) is 6.61 Å². The lowest BCUT2D eigenvalue weighted by Crippen LogP contribution is -1.98. The SMILES string of the molecule is CC(CO)c1ccc2c(Br)cn(C)c2c1. The summed E-state index contributed by atoms with van der Waals surface area (Å²) in [6.45, 7) is 2.22. The minimum Gasteiger partial charge on any atom is -0.396 e. The number of aliphatic hydroxyl groups is 1. The molecule has 0 amide bonds. The smallest absolute Gasteiger partial charge is 0.0497 e. The zero-order valence-corrected chi connectivity index (χ0v) is 10.5. The predicted octanol–water partition coefficient (Wildman–Crippen LogP) is 3.04. The first-order chi connectivity index (χ1) is 7.13. The van der Waals surface area contributed by atoms with Crippen molar-refractivity contribution in [1.82, 2.24) is 4.57 Å². The number of nitrogens with zero attached hydrogens (tertiary/aromatic N) is 1. The summed E-state index contributed by atoms with van der Waals surface area (Å²) < 4.78 is 3.20. The molecule has 0 radical (unpaired) electrons. The standard InChI is InChI=1S/C12H14BrNO/c1-8(7-15)9-3-4-10-11(13)6-14(2)12(10)5-9/h3-6,8,15H,7H2,1-2H3. The number of aromatic nitrogens is 1. The van der Waals surface area contributed by atoms with Crippen LogP contribution in [0, 0.1) is 0 Å². The van der Waals surface area contributed by atoms with Crippen LogP contribution in [0.15, 0.2) is 28.9 Å². The molecule has 2 rings (SSSR count). The van der Waals surface area contributed by atoms with Crippen LogP contribution < -0.4 is 0 Å². The second-order valence-corrected chi connectivity index (χ2v) is 4.80. The molecular weight excluding hydrogens is 254 g/mol. The molecule has 0 bridgehead atoms. The summed E-state index contributed by atoms with van der Waals surface area (Å²) in [7, 11) is 2.03. The van der Waals surface area contributed by atoms with Gasteiger partial charge in [0.1, 0.15) is 0 Å². The molecule has 1 aromatic carbocycles. The molecule has 2 nitrogen and oxygen atoms in total. The van der Waals surface area contributed by atoms with Gasteiger partial charge < -0.3 is 9.67 Å². The van der Waals surface area contributed by atoms with E-state index >= 15 is 0 Å². The van der Waals surface area contributed by atoms with E-state index < -0.39 is 0 Å². The van der Waals surface area contributed by atoms with Crippen LogP contribution in [0.2, 0.25) is 0 Å². The number of fused-ring (bicyclic) bond motifs is 1. The van der Waals surface area contributed by atoms with Crippen molar-refractivity contribution in [2.24, 2.45) is 7.05 Å². The molecule has 1 aromatic heterocycles. The van der Waals surface area contributed by atoms with Crippen LogP contribution in [0.25, 0.3) is 10.9 Å². The maximum atomic E-state index is 9.12. The van der Waals surface area contributed by atoms with Crippen LogP contribution in [-0.2, 0) is 7.05 Å². The van der Waals surface area contributed by atoms with Crippen LogP contribution in [0.4, 0.5) is 0 Å². The molecule has 1 unspecified atom stereocenters. The summed E-state index contributed by atoms with van der Waals surface area (Å²) in [6, 6.07) is 6.32. The van der Waals surface area contributed by atoms with Crippen LogP contribution in [0.1, 0.15) is 18.4 Å². The normalized spacial score (nSPS) is 13.3. The summed E-state index contributed by atoms with van der Waals surface area (Å²) in [5, 5.41) is 10.3. The minimum atomic E-state index is 0.192. The van der Waals surface area contributed by atoms with Gasteiger partial charge in [-0.25, -0.2) is 0 Å². The summed E-state index contributed by atoms with van der Waals surface area (Å²) >= 11 is 3.53. The van der Waals surface area contributed by atoms with E-state index in [2.05, 4.69) is 44.9 Å². The van der Waals surface area contributed by atoms with E-state index in [0.29, 0.717) is 0 Å². The van der Waals surface area contributed by atoms with Gasteiger partial charge in [0.2, 0.25) is 0 Å². The third kappa shape index (κ3) is 1.82. The number of aliphatic hydroxyl groups excluding tert-OH is 1. The van der Waals surface area contributed by atoms with Gasteiger partial charge in [0.05, 0.1) is 0 Å². The van der Waals surface area contributed by atoms with Crippen molar-refractivity contribution >= 4 is 26.8 Å². The van der Waals surface area contributed by atoms with Gasteiger partial charge >= 0.3 is 0 Å². The fourth-order valence-corrected chi connectivity index (χ4v) is 2.41. The highest BCUT2D eigenvalue weighted by Gasteiger charge is 2.08. The second kappa shape index (κ2) is 3.99. The molecular formula is C12H14BrNO. The largest absolute Gasteiger partial charge is 0.396 e. The Bertz CT molecular complexity index is 490. The van der Waals surface area contributed by atoms with Crippen molar-refractivity contribution in [1.29, 1.82) is 0 Å². The Morgan fingerprint density at radius 1 is 1.47 bits per heavy atom. The van der Waals surface area contributed by atoms with Crippen LogP contribution in [0.5, 0.6) is 0 Å². The molecule has 0 spiro atoms. The third-order valence-corrected chi connectivity index (χ3v) is 3.44. The Morgan fingerprint density at radius 2 is 2.20 bits per heavy atom. The highest BCUT2D eigenvalue weighted by Crippen LogP contribution is 2.28. The van der Waals surface area contributed by atoms with E-state index in [1.807, 2.05) is 14.0 Å². The minimum absolute atomic E-state index is 0.192. The summed E-state index contributed by atoms with van der Waals surface area (Å²) in [4.78, 5) is 0. The van der Waals surface area contributed by atoms with Gasteiger partial charge in [-0.05, 0) is 27.6 Å². The van der Waals surface area contributed by atoms with Gasteiger partial charge in [0.25, 0.3) is 0 Å². The van der Waals surface area contributed by atoms with Crippen molar-refractivity contribution in [3.63, 3.8) is 0 Å². The van der Waals surface area contributed by atoms with Crippen LogP contribution in [0.3, 0.4) is 0 Å². The number of hydrogen-bond donors (Lipinski definition) is 1. The molecule has 0 fully saturated rings. The Labute approximate surface area is 97.7 Å². The Kier molecular flexibility index (Phi) is 2.85. The Morgan fingerprint density at radius 3 is 2.87 bits per heavy atom. The predicted molar refractivity (Wildman–Crippen MR) is 66.1 cm³/mol. The van der Waals surface area contributed by atoms with E-state index in [1.54, 1.807) is 0 Å². The fraction of sp³-hybridized carbons (Fsp3) is 0.333. The zero-order chi connectivity index (χ0) is 11.0. The first-order valence-electron chi connectivity index (χ1n) is 4.99. The third-order valence-electron chi connectivity index (χ3n) is 2.81. The molecule has 80 valence electrons. The molecule has 2 aromatic rings. The summed E-state index contributed by atoms with van der Waals surface area (Å²) in [5.74, 6) is 0.197.